The molecule has 1 aromatic heterocycles. The summed E-state index contributed by atoms with van der Waals surface area (Å²) < 4.78 is 7.32. The first-order chi connectivity index (χ1) is 14.9. The molecule has 3 aromatic carbocycles. The standard InChI is InChI=1S/C27H24O3S/c1-17-5-4-6-18(2)27(17)24-16-31-25-12-11-22(14-23(24)25)30-15-20-7-9-21(10-8-20)19(3)13-26(28)29/h4-12,14,16H,3,13,15H2,1-2H3,(H,28,29). The molecule has 0 bridgehead atoms. The predicted molar refractivity (Wildman–Crippen MR) is 129 cm³/mol. The molecule has 1 heterocycles. The van der Waals surface area contributed by atoms with E-state index in [1.54, 1.807) is 11.3 Å². The molecule has 0 aliphatic heterocycles. The average Bonchev–Trinajstić information content (AvgIpc) is 3.15. The van der Waals surface area contributed by atoms with E-state index in [1.807, 2.05) is 30.3 Å². The van der Waals surface area contributed by atoms with Crippen LogP contribution in [0.5, 0.6) is 5.75 Å². The third-order valence-electron chi connectivity index (χ3n) is 5.43. The highest BCUT2D eigenvalue weighted by Crippen LogP contribution is 2.39. The van der Waals surface area contributed by atoms with Crippen molar-refractivity contribution >= 4 is 33.0 Å². The number of carboxylic acid groups (broad SMARTS) is 1. The van der Waals surface area contributed by atoms with Crippen LogP contribution in [0, 0.1) is 13.8 Å². The maximum Gasteiger partial charge on any atom is 0.307 e. The lowest BCUT2D eigenvalue weighted by Gasteiger charge is -2.11. The number of hydrogen-bond acceptors (Lipinski definition) is 3. The first-order valence-electron chi connectivity index (χ1n) is 10.1. The molecular formula is C27H24O3S. The van der Waals surface area contributed by atoms with E-state index in [1.165, 1.54) is 32.3 Å². The zero-order valence-electron chi connectivity index (χ0n) is 17.6. The number of rotatable bonds is 7. The number of hydrogen-bond donors (Lipinski definition) is 1. The van der Waals surface area contributed by atoms with Crippen molar-refractivity contribution < 1.29 is 14.6 Å². The second-order valence-corrected chi connectivity index (χ2v) is 8.65. The Balaban J connectivity index is 1.53. The van der Waals surface area contributed by atoms with Crippen molar-refractivity contribution in [3.63, 3.8) is 0 Å². The molecule has 0 radical (unpaired) electrons. The quantitative estimate of drug-likeness (QED) is 0.337. The smallest absolute Gasteiger partial charge is 0.307 e. The Morgan fingerprint density at radius 2 is 1.74 bits per heavy atom. The summed E-state index contributed by atoms with van der Waals surface area (Å²) in [6, 6.07) is 20.3. The number of aliphatic carboxylic acids is 1. The zero-order valence-corrected chi connectivity index (χ0v) is 18.5. The summed E-state index contributed by atoms with van der Waals surface area (Å²) >= 11 is 1.75. The van der Waals surface area contributed by atoms with Crippen molar-refractivity contribution in [1.82, 2.24) is 0 Å². The van der Waals surface area contributed by atoms with Gasteiger partial charge in [-0.25, -0.2) is 0 Å². The molecule has 4 aromatic rings. The molecule has 4 rings (SSSR count). The van der Waals surface area contributed by atoms with Gasteiger partial charge >= 0.3 is 5.97 Å². The van der Waals surface area contributed by atoms with Gasteiger partial charge in [0.05, 0.1) is 6.42 Å². The Bertz CT molecular complexity index is 1250. The predicted octanol–water partition coefficient (Wildman–Crippen LogP) is 7.25. The van der Waals surface area contributed by atoms with Gasteiger partial charge in [-0.2, -0.15) is 0 Å². The van der Waals surface area contributed by atoms with Crippen molar-refractivity contribution in [2.24, 2.45) is 0 Å². The van der Waals surface area contributed by atoms with Crippen molar-refractivity contribution in [3.05, 3.63) is 94.9 Å². The Morgan fingerprint density at radius 1 is 1.03 bits per heavy atom. The maximum absolute atomic E-state index is 10.9. The van der Waals surface area contributed by atoms with Gasteiger partial charge in [-0.3, -0.25) is 4.79 Å². The molecule has 0 unspecified atom stereocenters. The van der Waals surface area contributed by atoms with E-state index in [0.29, 0.717) is 12.2 Å². The molecule has 0 atom stereocenters. The van der Waals surface area contributed by atoms with E-state index in [9.17, 15) is 4.79 Å². The summed E-state index contributed by atoms with van der Waals surface area (Å²) in [5.74, 6) is -0.0424. The normalized spacial score (nSPS) is 10.9. The average molecular weight is 429 g/mol. The van der Waals surface area contributed by atoms with E-state index in [4.69, 9.17) is 9.84 Å². The van der Waals surface area contributed by atoms with Gasteiger partial charge in [0.25, 0.3) is 0 Å². The molecule has 0 aliphatic rings. The molecule has 0 saturated heterocycles. The second-order valence-electron chi connectivity index (χ2n) is 7.73. The number of aryl methyl sites for hydroxylation is 2. The van der Waals surface area contributed by atoms with Crippen LogP contribution in [0.4, 0.5) is 0 Å². The number of carboxylic acids is 1. The Kier molecular flexibility index (Phi) is 5.92. The van der Waals surface area contributed by atoms with Gasteiger partial charge in [0.1, 0.15) is 12.4 Å². The third kappa shape index (κ3) is 4.54. The summed E-state index contributed by atoms with van der Waals surface area (Å²) in [5, 5.41) is 12.3. The Labute approximate surface area is 186 Å². The number of thiophene rings is 1. The summed E-state index contributed by atoms with van der Waals surface area (Å²) in [7, 11) is 0. The number of carbonyl (C=O) groups is 1. The van der Waals surface area contributed by atoms with E-state index >= 15 is 0 Å². The number of benzene rings is 3. The summed E-state index contributed by atoms with van der Waals surface area (Å²) in [5.41, 5.74) is 7.55. The van der Waals surface area contributed by atoms with Gasteiger partial charge in [-0.05, 0) is 70.8 Å². The minimum atomic E-state index is -0.874. The van der Waals surface area contributed by atoms with Gasteiger partial charge in [0.15, 0.2) is 0 Å². The lowest BCUT2D eigenvalue weighted by atomic mass is 9.95. The van der Waals surface area contributed by atoms with E-state index in [0.717, 1.165) is 16.9 Å². The van der Waals surface area contributed by atoms with Crippen LogP contribution in [-0.4, -0.2) is 11.1 Å². The molecule has 0 saturated carbocycles. The molecule has 0 aliphatic carbocycles. The summed E-state index contributed by atoms with van der Waals surface area (Å²) in [6.07, 6.45) is -0.0564. The first kappa shape index (κ1) is 20.9. The fourth-order valence-corrected chi connectivity index (χ4v) is 4.75. The van der Waals surface area contributed by atoms with Crippen LogP contribution in [0.1, 0.15) is 28.7 Å². The molecule has 156 valence electrons. The van der Waals surface area contributed by atoms with Gasteiger partial charge in [0.2, 0.25) is 0 Å². The van der Waals surface area contributed by atoms with Gasteiger partial charge in [-0.1, -0.05) is 49.0 Å². The third-order valence-corrected chi connectivity index (χ3v) is 6.39. The highest BCUT2D eigenvalue weighted by Gasteiger charge is 2.12. The molecule has 3 nitrogen and oxygen atoms in total. The van der Waals surface area contributed by atoms with Crippen molar-refractivity contribution in [3.8, 4) is 16.9 Å². The monoisotopic (exact) mass is 428 g/mol. The van der Waals surface area contributed by atoms with Crippen LogP contribution in [0.2, 0.25) is 0 Å². The Morgan fingerprint density at radius 3 is 2.42 bits per heavy atom. The first-order valence-corrected chi connectivity index (χ1v) is 11.0. The zero-order chi connectivity index (χ0) is 22.0. The maximum atomic E-state index is 10.9. The van der Waals surface area contributed by atoms with E-state index in [-0.39, 0.29) is 6.42 Å². The molecule has 1 N–H and O–H groups in total. The van der Waals surface area contributed by atoms with Crippen LogP contribution in [0.3, 0.4) is 0 Å². The van der Waals surface area contributed by atoms with Crippen molar-refractivity contribution in [1.29, 1.82) is 0 Å². The minimum absolute atomic E-state index is 0.0564. The van der Waals surface area contributed by atoms with Crippen LogP contribution >= 0.6 is 11.3 Å². The molecule has 0 fully saturated rings. The molecule has 4 heteroatoms. The molecule has 0 amide bonds. The molecule has 31 heavy (non-hydrogen) atoms. The topological polar surface area (TPSA) is 46.5 Å². The van der Waals surface area contributed by atoms with Crippen LogP contribution < -0.4 is 4.74 Å². The second kappa shape index (κ2) is 8.78. The van der Waals surface area contributed by atoms with Crippen molar-refractivity contribution in [2.45, 2.75) is 26.9 Å². The summed E-state index contributed by atoms with van der Waals surface area (Å²) in [4.78, 5) is 10.9. The lowest BCUT2D eigenvalue weighted by molar-refractivity contribution is -0.135. The fourth-order valence-electron chi connectivity index (χ4n) is 3.82. The van der Waals surface area contributed by atoms with E-state index in [2.05, 4.69) is 56.1 Å². The van der Waals surface area contributed by atoms with E-state index < -0.39 is 5.97 Å². The van der Waals surface area contributed by atoms with Crippen LogP contribution in [0.25, 0.3) is 26.8 Å². The highest BCUT2D eigenvalue weighted by atomic mass is 32.1. The summed E-state index contributed by atoms with van der Waals surface area (Å²) in [6.45, 7) is 8.60. The van der Waals surface area contributed by atoms with Crippen LogP contribution in [0.15, 0.2) is 72.6 Å². The van der Waals surface area contributed by atoms with Gasteiger partial charge in [-0.15, -0.1) is 11.3 Å². The fraction of sp³-hybridized carbons (Fsp3) is 0.148. The number of fused-ring (bicyclic) bond motifs is 1. The van der Waals surface area contributed by atoms with Gasteiger partial charge in [0, 0.05) is 15.6 Å². The Hall–Kier alpha value is -3.37. The largest absolute Gasteiger partial charge is 0.489 e. The van der Waals surface area contributed by atoms with Crippen molar-refractivity contribution in [2.75, 3.05) is 0 Å². The molecule has 0 spiro atoms. The SMILES string of the molecule is C=C(CC(=O)O)c1ccc(COc2ccc3scc(-c4c(C)cccc4C)c3c2)cc1. The highest BCUT2D eigenvalue weighted by molar-refractivity contribution is 7.17. The number of ether oxygens (including phenoxy) is 1. The molecular weight excluding hydrogens is 404 g/mol. The lowest BCUT2D eigenvalue weighted by Crippen LogP contribution is -1.98. The minimum Gasteiger partial charge on any atom is -0.489 e. The van der Waals surface area contributed by atoms with Crippen LogP contribution in [-0.2, 0) is 11.4 Å². The van der Waals surface area contributed by atoms with Gasteiger partial charge < -0.3 is 9.84 Å².